The van der Waals surface area contributed by atoms with Crippen molar-refractivity contribution in [3.63, 3.8) is 0 Å². The van der Waals surface area contributed by atoms with Crippen LogP contribution >= 0.6 is 11.3 Å². The van der Waals surface area contributed by atoms with E-state index in [1.807, 2.05) is 6.07 Å². The van der Waals surface area contributed by atoms with Gasteiger partial charge in [0.1, 0.15) is 11.6 Å². The van der Waals surface area contributed by atoms with Crippen molar-refractivity contribution in [2.75, 3.05) is 17.9 Å². The molecule has 25 heavy (non-hydrogen) atoms. The number of aromatic nitrogens is 3. The van der Waals surface area contributed by atoms with Crippen molar-refractivity contribution >= 4 is 27.2 Å². The van der Waals surface area contributed by atoms with E-state index in [1.54, 1.807) is 4.68 Å². The summed E-state index contributed by atoms with van der Waals surface area (Å²) in [4.78, 5) is 4.22. The van der Waals surface area contributed by atoms with Gasteiger partial charge in [0.25, 0.3) is 10.0 Å². The number of ether oxygens (including phenoxy) is 1. The van der Waals surface area contributed by atoms with Gasteiger partial charge in [0, 0.05) is 19.1 Å². The molecule has 1 aliphatic carbocycles. The van der Waals surface area contributed by atoms with Crippen molar-refractivity contribution in [3.8, 4) is 6.07 Å². The number of anilines is 1. The third kappa shape index (κ3) is 3.27. The summed E-state index contributed by atoms with van der Waals surface area (Å²) >= 11 is 1.19. The summed E-state index contributed by atoms with van der Waals surface area (Å²) in [6.07, 6.45) is 6.38. The molecule has 3 heterocycles. The largest absolute Gasteiger partial charge is 0.381 e. The average molecular weight is 379 g/mol. The molecule has 2 aliphatic rings. The monoisotopic (exact) mass is 379 g/mol. The first-order chi connectivity index (χ1) is 12.1. The lowest BCUT2D eigenvalue weighted by Gasteiger charge is -2.24. The number of nitriles is 1. The molecular weight excluding hydrogens is 362 g/mol. The molecule has 0 amide bonds. The minimum atomic E-state index is -3.80. The molecule has 4 rings (SSSR count). The minimum Gasteiger partial charge on any atom is -0.381 e. The Balaban J connectivity index is 1.64. The standard InChI is InChI=1S/C15H17N5O3S2/c16-7-11-8-18-20(12-3-5-23-6-4-12)14(11)19-25(21,22)13-9-17-15(24-13)10-1-2-10/h8-10,12,19H,1-6H2. The maximum atomic E-state index is 12.7. The van der Waals surface area contributed by atoms with Gasteiger partial charge < -0.3 is 4.74 Å². The normalized spacial score (nSPS) is 18.8. The van der Waals surface area contributed by atoms with Crippen LogP contribution in [0, 0.1) is 11.3 Å². The van der Waals surface area contributed by atoms with Gasteiger partial charge in [-0.15, -0.1) is 11.3 Å². The first-order valence-corrected chi connectivity index (χ1v) is 10.4. The zero-order valence-corrected chi connectivity index (χ0v) is 15.0. The van der Waals surface area contributed by atoms with Gasteiger partial charge in [-0.3, -0.25) is 4.72 Å². The molecule has 10 heteroatoms. The van der Waals surface area contributed by atoms with Crippen LogP contribution in [0.5, 0.6) is 0 Å². The molecule has 8 nitrogen and oxygen atoms in total. The molecule has 2 fully saturated rings. The molecule has 0 radical (unpaired) electrons. The molecule has 1 N–H and O–H groups in total. The Morgan fingerprint density at radius 2 is 2.04 bits per heavy atom. The highest BCUT2D eigenvalue weighted by atomic mass is 32.2. The van der Waals surface area contributed by atoms with Crippen molar-refractivity contribution in [3.05, 3.63) is 23.0 Å². The van der Waals surface area contributed by atoms with Crippen LogP contribution in [-0.4, -0.2) is 36.4 Å². The van der Waals surface area contributed by atoms with E-state index in [0.717, 1.165) is 30.7 Å². The molecule has 0 atom stereocenters. The Morgan fingerprint density at radius 1 is 1.28 bits per heavy atom. The summed E-state index contributed by atoms with van der Waals surface area (Å²) in [5.41, 5.74) is 0.210. The van der Waals surface area contributed by atoms with Crippen molar-refractivity contribution in [2.24, 2.45) is 0 Å². The van der Waals surface area contributed by atoms with Crippen molar-refractivity contribution in [1.29, 1.82) is 5.26 Å². The van der Waals surface area contributed by atoms with Crippen LogP contribution in [-0.2, 0) is 14.8 Å². The predicted molar refractivity (Wildman–Crippen MR) is 90.9 cm³/mol. The van der Waals surface area contributed by atoms with Crippen molar-refractivity contribution < 1.29 is 13.2 Å². The molecule has 0 spiro atoms. The van der Waals surface area contributed by atoms with E-state index in [1.165, 1.54) is 23.7 Å². The van der Waals surface area contributed by atoms with E-state index in [4.69, 9.17) is 4.74 Å². The van der Waals surface area contributed by atoms with E-state index in [2.05, 4.69) is 14.8 Å². The van der Waals surface area contributed by atoms with Crippen LogP contribution in [0.2, 0.25) is 0 Å². The number of hydrogen-bond acceptors (Lipinski definition) is 7. The summed E-state index contributed by atoms with van der Waals surface area (Å²) in [6, 6.07) is 2.02. The predicted octanol–water partition coefficient (Wildman–Crippen LogP) is 2.24. The van der Waals surface area contributed by atoms with Gasteiger partial charge in [-0.1, -0.05) is 0 Å². The van der Waals surface area contributed by atoms with Gasteiger partial charge in [0.05, 0.1) is 23.4 Å². The average Bonchev–Trinajstić information content (AvgIpc) is 3.19. The van der Waals surface area contributed by atoms with Crippen LogP contribution in [0.25, 0.3) is 0 Å². The lowest BCUT2D eigenvalue weighted by atomic mass is 10.1. The maximum absolute atomic E-state index is 12.7. The number of rotatable bonds is 5. The van der Waals surface area contributed by atoms with Crippen molar-refractivity contribution in [2.45, 2.75) is 41.9 Å². The van der Waals surface area contributed by atoms with E-state index in [9.17, 15) is 13.7 Å². The molecular formula is C15H17N5O3S2. The second-order valence-corrected chi connectivity index (χ2v) is 9.18. The number of hydrogen-bond donors (Lipinski definition) is 1. The summed E-state index contributed by atoms with van der Waals surface area (Å²) < 4.78 is 35.1. The first kappa shape index (κ1) is 16.5. The number of thiazole rings is 1. The SMILES string of the molecule is N#Cc1cnn(C2CCOCC2)c1NS(=O)(=O)c1cnc(C2CC2)s1. The zero-order chi connectivity index (χ0) is 17.4. The Labute approximate surface area is 149 Å². The fourth-order valence-corrected chi connectivity index (χ4v) is 5.23. The zero-order valence-electron chi connectivity index (χ0n) is 13.4. The van der Waals surface area contributed by atoms with Crippen LogP contribution in [0.4, 0.5) is 5.82 Å². The van der Waals surface area contributed by atoms with Gasteiger partial charge in [0.2, 0.25) is 0 Å². The summed E-state index contributed by atoms with van der Waals surface area (Å²) in [5.74, 6) is 0.618. The van der Waals surface area contributed by atoms with E-state index in [0.29, 0.717) is 19.1 Å². The van der Waals surface area contributed by atoms with Crippen LogP contribution in [0.1, 0.15) is 48.2 Å². The summed E-state index contributed by atoms with van der Waals surface area (Å²) in [6.45, 7) is 1.19. The Kier molecular flexibility index (Phi) is 4.23. The minimum absolute atomic E-state index is 0.0111. The van der Waals surface area contributed by atoms with Gasteiger partial charge in [-0.2, -0.15) is 10.4 Å². The highest BCUT2D eigenvalue weighted by molar-refractivity contribution is 7.94. The molecule has 0 bridgehead atoms. The van der Waals surface area contributed by atoms with Crippen LogP contribution in [0.3, 0.4) is 0 Å². The Hall–Kier alpha value is -1.96. The summed E-state index contributed by atoms with van der Waals surface area (Å²) in [5, 5.41) is 14.4. The topological polar surface area (TPSA) is 110 Å². The second-order valence-electron chi connectivity index (χ2n) is 6.20. The molecule has 1 saturated heterocycles. The molecule has 0 unspecified atom stereocenters. The van der Waals surface area contributed by atoms with Gasteiger partial charge in [-0.05, 0) is 25.7 Å². The van der Waals surface area contributed by atoms with E-state index < -0.39 is 10.0 Å². The Bertz CT molecular complexity index is 917. The highest BCUT2D eigenvalue weighted by Crippen LogP contribution is 2.42. The molecule has 132 valence electrons. The number of nitrogens with one attached hydrogen (secondary N) is 1. The summed E-state index contributed by atoms with van der Waals surface area (Å²) in [7, 11) is -3.80. The first-order valence-electron chi connectivity index (χ1n) is 8.12. The maximum Gasteiger partial charge on any atom is 0.274 e. The van der Waals surface area contributed by atoms with Gasteiger partial charge >= 0.3 is 0 Å². The lowest BCUT2D eigenvalue weighted by molar-refractivity contribution is 0.0669. The van der Waals surface area contributed by atoms with E-state index >= 15 is 0 Å². The number of sulfonamides is 1. The Morgan fingerprint density at radius 3 is 2.72 bits per heavy atom. The molecule has 1 aliphatic heterocycles. The highest BCUT2D eigenvalue weighted by Gasteiger charge is 2.30. The number of nitrogens with zero attached hydrogens (tertiary/aromatic N) is 4. The molecule has 2 aromatic rings. The molecule has 2 aromatic heterocycles. The van der Waals surface area contributed by atoms with Gasteiger partial charge in [0.15, 0.2) is 10.0 Å². The molecule has 0 aromatic carbocycles. The van der Waals surface area contributed by atoms with Crippen LogP contribution < -0.4 is 4.72 Å². The van der Waals surface area contributed by atoms with Gasteiger partial charge in [-0.25, -0.2) is 18.1 Å². The molecule has 1 saturated carbocycles. The van der Waals surface area contributed by atoms with E-state index in [-0.39, 0.29) is 21.6 Å². The third-order valence-corrected chi connectivity index (χ3v) is 7.34. The quantitative estimate of drug-likeness (QED) is 0.853. The third-order valence-electron chi connectivity index (χ3n) is 4.38. The lowest BCUT2D eigenvalue weighted by Crippen LogP contribution is -2.24. The fraction of sp³-hybridized carbons (Fsp3) is 0.533. The second kappa shape index (κ2) is 6.40. The fourth-order valence-electron chi connectivity index (χ4n) is 2.85. The van der Waals surface area contributed by atoms with Crippen LogP contribution in [0.15, 0.2) is 16.6 Å². The smallest absolute Gasteiger partial charge is 0.274 e. The van der Waals surface area contributed by atoms with Crippen molar-refractivity contribution in [1.82, 2.24) is 14.8 Å².